The molecule has 0 aliphatic carbocycles. The van der Waals surface area contributed by atoms with Gasteiger partial charge in [-0.05, 0) is 44.5 Å². The van der Waals surface area contributed by atoms with Crippen LogP contribution in [-0.4, -0.2) is 45.6 Å². The summed E-state index contributed by atoms with van der Waals surface area (Å²) in [6.07, 6.45) is 0.948. The van der Waals surface area contributed by atoms with Gasteiger partial charge in [0.1, 0.15) is 11.8 Å². The number of carbonyl (C=O) groups excluding carboxylic acids is 1. The number of hydrogen-bond acceptors (Lipinski definition) is 5. The fourth-order valence-corrected chi connectivity index (χ4v) is 5.30. The fourth-order valence-electron chi connectivity index (χ4n) is 5.30. The van der Waals surface area contributed by atoms with Crippen LogP contribution in [0.25, 0.3) is 10.8 Å². The molecule has 0 bridgehead atoms. The van der Waals surface area contributed by atoms with Gasteiger partial charge < -0.3 is 14.6 Å². The predicted molar refractivity (Wildman–Crippen MR) is 125 cm³/mol. The predicted octanol–water partition coefficient (Wildman–Crippen LogP) is 3.12. The van der Waals surface area contributed by atoms with Crippen molar-refractivity contribution in [2.75, 3.05) is 13.7 Å². The number of carboxylic acid groups (broad SMARTS) is 1. The average molecular weight is 450 g/mol. The summed E-state index contributed by atoms with van der Waals surface area (Å²) in [6, 6.07) is 15.0. The first kappa shape index (κ1) is 23.0. The van der Waals surface area contributed by atoms with Crippen LogP contribution in [0.5, 0.6) is 5.75 Å². The van der Waals surface area contributed by atoms with E-state index in [9.17, 15) is 14.7 Å². The molecule has 1 aromatic heterocycles. The molecule has 1 unspecified atom stereocenters. The van der Waals surface area contributed by atoms with Gasteiger partial charge in [-0.25, -0.2) is 4.68 Å². The minimum atomic E-state index is -1.09. The maximum Gasteiger partial charge on any atom is 0.274 e. The molecule has 7 nitrogen and oxygen atoms in total. The van der Waals surface area contributed by atoms with Crippen LogP contribution in [0.15, 0.2) is 53.3 Å². The van der Waals surface area contributed by atoms with Crippen LogP contribution in [0.3, 0.4) is 0 Å². The number of likely N-dealkylation sites (tertiary alicyclic amines) is 1. The van der Waals surface area contributed by atoms with Crippen LogP contribution in [0.4, 0.5) is 4.79 Å². The van der Waals surface area contributed by atoms with Crippen molar-refractivity contribution in [2.24, 2.45) is 0 Å². The number of ether oxygens (including phenoxy) is 1. The molecule has 2 atom stereocenters. The molecular formula is C26H31N3O4. The molecule has 33 heavy (non-hydrogen) atoms. The van der Waals surface area contributed by atoms with Crippen LogP contribution < -0.4 is 15.4 Å². The number of hydrogen-bond donors (Lipinski definition) is 0. The van der Waals surface area contributed by atoms with Crippen molar-refractivity contribution < 1.29 is 19.1 Å². The van der Waals surface area contributed by atoms with E-state index in [1.165, 1.54) is 4.68 Å². The van der Waals surface area contributed by atoms with E-state index in [4.69, 9.17) is 9.84 Å². The van der Waals surface area contributed by atoms with Gasteiger partial charge in [0, 0.05) is 24.6 Å². The maximum absolute atomic E-state index is 13.3. The maximum atomic E-state index is 13.3. The Morgan fingerprint density at radius 2 is 1.82 bits per heavy atom. The van der Waals surface area contributed by atoms with E-state index in [1.807, 2.05) is 69.3 Å². The summed E-state index contributed by atoms with van der Waals surface area (Å²) >= 11 is 0. The van der Waals surface area contributed by atoms with E-state index < -0.39 is 11.6 Å². The van der Waals surface area contributed by atoms with Crippen LogP contribution in [0.1, 0.15) is 44.9 Å². The van der Waals surface area contributed by atoms with Crippen LogP contribution in [0, 0.1) is 0 Å². The van der Waals surface area contributed by atoms with Gasteiger partial charge in [-0.2, -0.15) is 5.10 Å². The quantitative estimate of drug-likeness (QED) is 0.559. The minimum Gasteiger partial charge on any atom is -0.498 e. The second kappa shape index (κ2) is 8.63. The van der Waals surface area contributed by atoms with Crippen molar-refractivity contribution in [2.45, 2.75) is 58.2 Å². The van der Waals surface area contributed by atoms with E-state index in [2.05, 4.69) is 0 Å². The fraction of sp³-hybridized carbons (Fsp3) is 0.423. The molecule has 7 heteroatoms. The highest BCUT2D eigenvalue weighted by atomic mass is 16.5. The Bertz CT molecular complexity index is 1230. The first-order valence-electron chi connectivity index (χ1n) is 11.4. The molecule has 0 radical (unpaired) electrons. The van der Waals surface area contributed by atoms with Crippen LogP contribution >= 0.6 is 0 Å². The van der Waals surface area contributed by atoms with Gasteiger partial charge >= 0.3 is 0 Å². The molecule has 0 saturated carbocycles. The summed E-state index contributed by atoms with van der Waals surface area (Å²) in [5, 5.41) is 18.5. The highest BCUT2D eigenvalue weighted by molar-refractivity contribution is 5.83. The second-order valence-electron chi connectivity index (χ2n) is 9.83. The monoisotopic (exact) mass is 449 g/mol. The molecule has 3 aromatic rings. The Balaban J connectivity index is 1.77. The lowest BCUT2D eigenvalue weighted by atomic mass is 9.99. The first-order valence-corrected chi connectivity index (χ1v) is 11.4. The zero-order valence-corrected chi connectivity index (χ0v) is 19.7. The Morgan fingerprint density at radius 3 is 2.42 bits per heavy atom. The van der Waals surface area contributed by atoms with Gasteiger partial charge in [-0.15, -0.1) is 0 Å². The molecule has 0 spiro atoms. The van der Waals surface area contributed by atoms with Crippen LogP contribution in [-0.2, 0) is 13.0 Å². The Morgan fingerprint density at radius 1 is 1.15 bits per heavy atom. The van der Waals surface area contributed by atoms with Crippen molar-refractivity contribution in [3.63, 3.8) is 0 Å². The number of fused-ring (bicyclic) bond motifs is 1. The SMILES string of the molecule is COc1ccc(Cc2nn(C[C@H]3CCC[N+]3(C(=O)[O-])C(C)(C)C)c(=O)c3ccccc23)cc1. The Labute approximate surface area is 193 Å². The van der Waals surface area contributed by atoms with E-state index in [1.54, 1.807) is 7.11 Å². The molecule has 0 N–H and O–H groups in total. The normalized spacial score (nSPS) is 20.8. The number of methoxy groups -OCH3 is 1. The van der Waals surface area contributed by atoms with Gasteiger partial charge in [0.05, 0.1) is 36.8 Å². The smallest absolute Gasteiger partial charge is 0.274 e. The highest BCUT2D eigenvalue weighted by Crippen LogP contribution is 2.37. The molecule has 4 rings (SSSR count). The summed E-state index contributed by atoms with van der Waals surface area (Å²) in [6.45, 7) is 6.51. The van der Waals surface area contributed by atoms with Crippen LogP contribution in [0.2, 0.25) is 0 Å². The average Bonchev–Trinajstić information content (AvgIpc) is 3.22. The van der Waals surface area contributed by atoms with Crippen molar-refractivity contribution in [3.05, 3.63) is 70.1 Å². The second-order valence-corrected chi connectivity index (χ2v) is 9.83. The zero-order valence-electron chi connectivity index (χ0n) is 19.7. The van der Waals surface area contributed by atoms with Crippen molar-refractivity contribution >= 4 is 16.9 Å². The third kappa shape index (κ3) is 4.02. The molecule has 2 heterocycles. The number of benzene rings is 2. The first-order chi connectivity index (χ1) is 15.7. The number of amides is 1. The number of nitrogens with zero attached hydrogens (tertiary/aromatic N) is 3. The van der Waals surface area contributed by atoms with E-state index in [0.717, 1.165) is 28.8 Å². The summed E-state index contributed by atoms with van der Waals surface area (Å²) in [4.78, 5) is 25.7. The summed E-state index contributed by atoms with van der Waals surface area (Å²) in [5.74, 6) is 0.779. The van der Waals surface area contributed by atoms with Crippen molar-refractivity contribution in [1.29, 1.82) is 0 Å². The van der Waals surface area contributed by atoms with Gasteiger partial charge in [0.25, 0.3) is 11.7 Å². The lowest BCUT2D eigenvalue weighted by Crippen LogP contribution is -2.70. The third-order valence-electron chi connectivity index (χ3n) is 7.05. The topological polar surface area (TPSA) is 84.2 Å². The molecule has 1 aliphatic heterocycles. The lowest BCUT2D eigenvalue weighted by Gasteiger charge is -2.49. The zero-order chi connectivity index (χ0) is 23.8. The summed E-state index contributed by atoms with van der Waals surface area (Å²) < 4.78 is 6.56. The Kier molecular flexibility index (Phi) is 6.01. The van der Waals surface area contributed by atoms with Crippen molar-refractivity contribution in [1.82, 2.24) is 9.78 Å². The molecule has 1 saturated heterocycles. The number of carbonyl (C=O) groups is 1. The molecule has 1 aliphatic rings. The number of aromatic nitrogens is 2. The van der Waals surface area contributed by atoms with Gasteiger partial charge in [-0.3, -0.25) is 9.28 Å². The molecular weight excluding hydrogens is 418 g/mol. The van der Waals surface area contributed by atoms with Gasteiger partial charge in [0.15, 0.2) is 0 Å². The van der Waals surface area contributed by atoms with E-state index in [0.29, 0.717) is 24.8 Å². The van der Waals surface area contributed by atoms with Gasteiger partial charge in [-0.1, -0.05) is 30.3 Å². The van der Waals surface area contributed by atoms with E-state index in [-0.39, 0.29) is 22.6 Å². The largest absolute Gasteiger partial charge is 0.498 e. The number of quaternary nitrogens is 1. The molecule has 1 fully saturated rings. The summed E-state index contributed by atoms with van der Waals surface area (Å²) in [7, 11) is 1.63. The minimum absolute atomic E-state index is 0.165. The standard InChI is InChI=1S/C26H31N3O4/c1-26(2,3)29(25(31)32)15-7-8-19(29)17-28-24(30)22-10-6-5-9-21(22)23(27-28)16-18-11-13-20(33-4)14-12-18/h5-6,9-14,19H,7-8,15-17H2,1-4H3/t19-,29?/m1/s1. The highest BCUT2D eigenvalue weighted by Gasteiger charge is 2.52. The number of rotatable bonds is 5. The summed E-state index contributed by atoms with van der Waals surface area (Å²) in [5.41, 5.74) is 1.10. The molecule has 174 valence electrons. The molecule has 2 aromatic carbocycles. The van der Waals surface area contributed by atoms with Gasteiger partial charge in [0.2, 0.25) is 0 Å². The third-order valence-corrected chi connectivity index (χ3v) is 7.05. The van der Waals surface area contributed by atoms with Crippen molar-refractivity contribution in [3.8, 4) is 5.75 Å². The lowest BCUT2D eigenvalue weighted by molar-refractivity contribution is -0.930. The molecule has 1 amide bonds. The Hall–Kier alpha value is -3.19. The van der Waals surface area contributed by atoms with E-state index >= 15 is 0 Å².